The first-order valence-electron chi connectivity index (χ1n) is 10.3. The Morgan fingerprint density at radius 2 is 1.06 bits per heavy atom. The van der Waals surface area contributed by atoms with Gasteiger partial charge in [0.1, 0.15) is 0 Å². The van der Waals surface area contributed by atoms with Crippen LogP contribution in [0, 0.1) is 0 Å². The molecule has 0 bridgehead atoms. The summed E-state index contributed by atoms with van der Waals surface area (Å²) in [7, 11) is 0. The van der Waals surface area contributed by atoms with Crippen LogP contribution in [-0.2, 0) is 5.41 Å². The van der Waals surface area contributed by atoms with E-state index in [9.17, 15) is 0 Å². The molecule has 0 heterocycles. The van der Waals surface area contributed by atoms with Crippen LogP contribution in [0.1, 0.15) is 22.3 Å². The second kappa shape index (κ2) is 7.19. The maximum absolute atomic E-state index is 3.76. The Labute approximate surface area is 198 Å². The number of fused-ring (bicyclic) bond motifs is 4. The first kappa shape index (κ1) is 19.0. The molecule has 2 heteroatoms. The van der Waals surface area contributed by atoms with E-state index in [0.717, 1.165) is 8.95 Å². The van der Waals surface area contributed by atoms with Gasteiger partial charge in [-0.15, -0.1) is 0 Å². The van der Waals surface area contributed by atoms with Gasteiger partial charge in [0.05, 0.1) is 5.41 Å². The Balaban J connectivity index is 1.87. The number of benzene rings is 5. The molecule has 1 aliphatic rings. The quantitative estimate of drug-likeness (QED) is 0.212. The van der Waals surface area contributed by atoms with Gasteiger partial charge in [-0.1, -0.05) is 117 Å². The van der Waals surface area contributed by atoms with E-state index in [1.54, 1.807) is 0 Å². The second-order valence-corrected chi connectivity index (χ2v) is 9.85. The molecule has 31 heavy (non-hydrogen) atoms. The zero-order valence-corrected chi connectivity index (χ0v) is 19.8. The lowest BCUT2D eigenvalue weighted by Crippen LogP contribution is -2.29. The Morgan fingerprint density at radius 1 is 0.484 bits per heavy atom. The fourth-order valence-corrected chi connectivity index (χ4v) is 5.99. The maximum Gasteiger partial charge on any atom is 0.0720 e. The third-order valence-electron chi connectivity index (χ3n) is 6.46. The number of halogens is 2. The Morgan fingerprint density at radius 3 is 1.74 bits per heavy atom. The van der Waals surface area contributed by atoms with E-state index < -0.39 is 5.41 Å². The zero-order valence-electron chi connectivity index (χ0n) is 16.6. The Hall–Kier alpha value is -2.68. The number of hydrogen-bond acceptors (Lipinski definition) is 0. The smallest absolute Gasteiger partial charge is 0.0622 e. The summed E-state index contributed by atoms with van der Waals surface area (Å²) in [5.41, 5.74) is 7.41. The second-order valence-electron chi connectivity index (χ2n) is 8.02. The van der Waals surface area contributed by atoms with Gasteiger partial charge in [-0.25, -0.2) is 0 Å². The van der Waals surface area contributed by atoms with Crippen LogP contribution in [0.5, 0.6) is 0 Å². The van der Waals surface area contributed by atoms with E-state index in [1.165, 1.54) is 44.2 Å². The predicted molar refractivity (Wildman–Crippen MR) is 137 cm³/mol. The highest BCUT2D eigenvalue weighted by molar-refractivity contribution is 9.10. The van der Waals surface area contributed by atoms with Gasteiger partial charge >= 0.3 is 0 Å². The molecule has 0 saturated heterocycles. The van der Waals surface area contributed by atoms with Crippen LogP contribution in [0.3, 0.4) is 0 Å². The van der Waals surface area contributed by atoms with E-state index in [-0.39, 0.29) is 0 Å². The van der Waals surface area contributed by atoms with Gasteiger partial charge in [0.25, 0.3) is 0 Å². The van der Waals surface area contributed by atoms with Crippen molar-refractivity contribution in [1.29, 1.82) is 0 Å². The molecular formula is C29H18Br2. The molecule has 0 spiro atoms. The van der Waals surface area contributed by atoms with E-state index in [4.69, 9.17) is 0 Å². The molecule has 0 amide bonds. The lowest BCUT2D eigenvalue weighted by Gasteiger charge is -2.35. The molecule has 0 nitrogen and oxygen atoms in total. The van der Waals surface area contributed by atoms with Crippen molar-refractivity contribution in [1.82, 2.24) is 0 Å². The molecule has 0 unspecified atom stereocenters. The van der Waals surface area contributed by atoms with Gasteiger partial charge in [0.2, 0.25) is 0 Å². The number of rotatable bonds is 2. The zero-order chi connectivity index (χ0) is 21.0. The number of hydrogen-bond donors (Lipinski definition) is 0. The first-order chi connectivity index (χ1) is 15.2. The summed E-state index contributed by atoms with van der Waals surface area (Å²) < 4.78 is 2.19. The molecular weight excluding hydrogens is 508 g/mol. The summed E-state index contributed by atoms with van der Waals surface area (Å²) in [6.45, 7) is 0. The summed E-state index contributed by atoms with van der Waals surface area (Å²) in [6, 6.07) is 39.7. The van der Waals surface area contributed by atoms with Crippen LogP contribution in [0.4, 0.5) is 0 Å². The Bertz CT molecular complexity index is 1390. The topological polar surface area (TPSA) is 0 Å². The van der Waals surface area contributed by atoms with Crippen molar-refractivity contribution in [3.63, 3.8) is 0 Å². The monoisotopic (exact) mass is 524 g/mol. The molecule has 5 aromatic rings. The van der Waals surface area contributed by atoms with Gasteiger partial charge in [-0.3, -0.25) is 0 Å². The fraction of sp³-hybridized carbons (Fsp3) is 0.0345. The van der Waals surface area contributed by atoms with Gasteiger partial charge in [-0.2, -0.15) is 0 Å². The van der Waals surface area contributed by atoms with Crippen molar-refractivity contribution >= 4 is 42.6 Å². The molecule has 0 aromatic heterocycles. The Kier molecular flexibility index (Phi) is 4.41. The van der Waals surface area contributed by atoms with Gasteiger partial charge in [0.15, 0.2) is 0 Å². The van der Waals surface area contributed by atoms with Crippen LogP contribution in [0.25, 0.3) is 21.9 Å². The maximum atomic E-state index is 3.76. The summed E-state index contributed by atoms with van der Waals surface area (Å²) in [6.07, 6.45) is 0. The fourth-order valence-electron chi connectivity index (χ4n) is 5.27. The van der Waals surface area contributed by atoms with E-state index >= 15 is 0 Å². The normalized spacial score (nSPS) is 13.7. The average Bonchev–Trinajstić information content (AvgIpc) is 3.08. The summed E-state index contributed by atoms with van der Waals surface area (Å²) in [5.74, 6) is 0. The molecule has 0 fully saturated rings. The molecule has 148 valence electrons. The molecule has 0 radical (unpaired) electrons. The molecule has 0 aliphatic heterocycles. The first-order valence-corrected chi connectivity index (χ1v) is 11.9. The lowest BCUT2D eigenvalue weighted by molar-refractivity contribution is 0.775. The molecule has 0 saturated carbocycles. The highest BCUT2D eigenvalue weighted by Crippen LogP contribution is 2.58. The lowest BCUT2D eigenvalue weighted by atomic mass is 9.66. The SMILES string of the molecule is Brc1ccc2c(c1)C(c1ccccc1)(c1cccc3ccccc13)c1cc(Br)ccc1-2. The molecule has 1 aliphatic carbocycles. The van der Waals surface area contributed by atoms with Crippen molar-refractivity contribution in [2.75, 3.05) is 0 Å². The third-order valence-corrected chi connectivity index (χ3v) is 7.45. The van der Waals surface area contributed by atoms with Crippen LogP contribution in [-0.4, -0.2) is 0 Å². The van der Waals surface area contributed by atoms with Crippen molar-refractivity contribution < 1.29 is 0 Å². The average molecular weight is 526 g/mol. The van der Waals surface area contributed by atoms with Crippen molar-refractivity contribution in [3.8, 4) is 11.1 Å². The summed E-state index contributed by atoms with van der Waals surface area (Å²) >= 11 is 7.52. The van der Waals surface area contributed by atoms with E-state index in [0.29, 0.717) is 0 Å². The van der Waals surface area contributed by atoms with Crippen LogP contribution in [0.15, 0.2) is 118 Å². The molecule has 6 rings (SSSR count). The standard InChI is InChI=1S/C29H18Br2/c30-21-13-15-24-25-16-14-22(31)18-28(25)29(27(24)17-21,20-9-2-1-3-10-20)26-12-6-8-19-7-4-5-11-23(19)26/h1-18H. The third kappa shape index (κ3) is 2.71. The highest BCUT2D eigenvalue weighted by atomic mass is 79.9. The van der Waals surface area contributed by atoms with Crippen LogP contribution in [0.2, 0.25) is 0 Å². The van der Waals surface area contributed by atoms with Crippen molar-refractivity contribution in [3.05, 3.63) is 140 Å². The largest absolute Gasteiger partial charge is 0.0720 e. The van der Waals surface area contributed by atoms with Crippen LogP contribution >= 0.6 is 31.9 Å². The van der Waals surface area contributed by atoms with Crippen molar-refractivity contribution in [2.24, 2.45) is 0 Å². The molecule has 0 atom stereocenters. The molecule has 5 aromatic carbocycles. The summed E-state index contributed by atoms with van der Waals surface area (Å²) in [4.78, 5) is 0. The van der Waals surface area contributed by atoms with Gasteiger partial charge in [0, 0.05) is 8.95 Å². The van der Waals surface area contributed by atoms with Crippen LogP contribution < -0.4 is 0 Å². The summed E-state index contributed by atoms with van der Waals surface area (Å²) in [5, 5.41) is 2.54. The van der Waals surface area contributed by atoms with Crippen molar-refractivity contribution in [2.45, 2.75) is 5.41 Å². The minimum Gasteiger partial charge on any atom is -0.0622 e. The van der Waals surface area contributed by atoms with E-state index in [1.807, 2.05) is 0 Å². The minimum absolute atomic E-state index is 0.402. The van der Waals surface area contributed by atoms with E-state index in [2.05, 4.69) is 141 Å². The minimum atomic E-state index is -0.402. The highest BCUT2D eigenvalue weighted by Gasteiger charge is 2.47. The predicted octanol–water partition coefficient (Wildman–Crippen LogP) is 8.73. The van der Waals surface area contributed by atoms with Gasteiger partial charge < -0.3 is 0 Å². The van der Waals surface area contributed by atoms with Gasteiger partial charge in [-0.05, 0) is 68.4 Å². The molecule has 0 N–H and O–H groups in total.